The molecule has 4 aromatic rings. The number of hydrogen-bond acceptors (Lipinski definition) is 4. The Labute approximate surface area is 162 Å². The highest BCUT2D eigenvalue weighted by Crippen LogP contribution is 2.30. The lowest BCUT2D eigenvalue weighted by Crippen LogP contribution is -1.89. The summed E-state index contributed by atoms with van der Waals surface area (Å²) >= 11 is 5.90. The lowest BCUT2D eigenvalue weighted by atomic mass is 10.1. The predicted octanol–water partition coefficient (Wildman–Crippen LogP) is 5.87. The maximum atomic E-state index is 8.93. The van der Waals surface area contributed by atoms with E-state index in [-0.39, 0.29) is 6.61 Å². The fourth-order valence-corrected chi connectivity index (χ4v) is 2.95. The minimum absolute atomic E-state index is 0.202. The molecule has 1 N–H and O–H groups in total. The van der Waals surface area contributed by atoms with Crippen LogP contribution in [0.5, 0.6) is 11.5 Å². The molecule has 0 saturated carbocycles. The standard InChI is InChI=1S/C22H18ClNO3/c23-17-7-9-18(10-8-17)26-19-11-12-20-21(14-19)27-22(24-20)16-5-3-15(4-6-16)2-1-13-25/h3-12,14,25H,1-2,13H2. The molecule has 3 aromatic carbocycles. The molecular formula is C22H18ClNO3. The van der Waals surface area contributed by atoms with Gasteiger partial charge in [0.05, 0.1) is 0 Å². The molecule has 5 heteroatoms. The van der Waals surface area contributed by atoms with Gasteiger partial charge in [0, 0.05) is 23.3 Å². The smallest absolute Gasteiger partial charge is 0.227 e. The molecular weight excluding hydrogens is 362 g/mol. The van der Waals surface area contributed by atoms with Crippen LogP contribution in [0.4, 0.5) is 0 Å². The van der Waals surface area contributed by atoms with Gasteiger partial charge in [-0.05, 0) is 66.9 Å². The molecule has 0 amide bonds. The SMILES string of the molecule is OCCCc1ccc(-c2nc3ccc(Oc4ccc(Cl)cc4)cc3o2)cc1. The summed E-state index contributed by atoms with van der Waals surface area (Å²) in [6, 6.07) is 20.8. The summed E-state index contributed by atoms with van der Waals surface area (Å²) in [5, 5.41) is 9.59. The number of fused-ring (bicyclic) bond motifs is 1. The number of halogens is 1. The summed E-state index contributed by atoms with van der Waals surface area (Å²) in [6.07, 6.45) is 1.62. The average molecular weight is 380 g/mol. The van der Waals surface area contributed by atoms with E-state index in [2.05, 4.69) is 4.98 Å². The molecule has 0 aliphatic heterocycles. The number of oxazole rings is 1. The van der Waals surface area contributed by atoms with Crippen molar-refractivity contribution in [1.82, 2.24) is 4.98 Å². The molecule has 0 bridgehead atoms. The molecule has 4 rings (SSSR count). The van der Waals surface area contributed by atoms with Gasteiger partial charge < -0.3 is 14.3 Å². The summed E-state index contributed by atoms with van der Waals surface area (Å²) in [5.74, 6) is 1.95. The topological polar surface area (TPSA) is 55.5 Å². The van der Waals surface area contributed by atoms with Gasteiger partial charge >= 0.3 is 0 Å². The lowest BCUT2D eigenvalue weighted by molar-refractivity contribution is 0.288. The van der Waals surface area contributed by atoms with Gasteiger partial charge in [-0.2, -0.15) is 0 Å². The molecule has 0 aliphatic carbocycles. The number of benzene rings is 3. The first-order valence-corrected chi connectivity index (χ1v) is 9.13. The molecule has 1 heterocycles. The van der Waals surface area contributed by atoms with Crippen LogP contribution >= 0.6 is 11.6 Å². The van der Waals surface area contributed by atoms with E-state index >= 15 is 0 Å². The van der Waals surface area contributed by atoms with E-state index in [9.17, 15) is 0 Å². The Morgan fingerprint density at radius 2 is 1.67 bits per heavy atom. The van der Waals surface area contributed by atoms with Gasteiger partial charge in [0.2, 0.25) is 5.89 Å². The number of aryl methyl sites for hydroxylation is 1. The van der Waals surface area contributed by atoms with Crippen molar-refractivity contribution in [3.05, 3.63) is 77.3 Å². The molecule has 0 atom stereocenters. The Balaban J connectivity index is 1.56. The van der Waals surface area contributed by atoms with Crippen LogP contribution in [0.15, 0.2) is 71.1 Å². The Morgan fingerprint density at radius 3 is 2.41 bits per heavy atom. The maximum absolute atomic E-state index is 8.93. The van der Waals surface area contributed by atoms with Crippen molar-refractivity contribution in [2.75, 3.05) is 6.61 Å². The Bertz CT molecular complexity index is 1040. The number of aromatic nitrogens is 1. The largest absolute Gasteiger partial charge is 0.457 e. The molecule has 1 aromatic heterocycles. The summed E-state index contributed by atoms with van der Waals surface area (Å²) in [5.41, 5.74) is 3.54. The van der Waals surface area contributed by atoms with Crippen LogP contribution < -0.4 is 4.74 Å². The zero-order valence-corrected chi connectivity index (χ0v) is 15.3. The van der Waals surface area contributed by atoms with Crippen molar-refractivity contribution in [3.63, 3.8) is 0 Å². The van der Waals surface area contributed by atoms with E-state index in [1.165, 1.54) is 5.56 Å². The summed E-state index contributed by atoms with van der Waals surface area (Å²) < 4.78 is 11.8. The maximum Gasteiger partial charge on any atom is 0.227 e. The fourth-order valence-electron chi connectivity index (χ4n) is 2.83. The first kappa shape index (κ1) is 17.6. The number of aliphatic hydroxyl groups excluding tert-OH is 1. The molecule has 136 valence electrons. The quantitative estimate of drug-likeness (QED) is 0.455. The van der Waals surface area contributed by atoms with Gasteiger partial charge in [-0.1, -0.05) is 23.7 Å². The minimum atomic E-state index is 0.202. The number of ether oxygens (including phenoxy) is 1. The predicted molar refractivity (Wildman–Crippen MR) is 106 cm³/mol. The normalized spacial score (nSPS) is 11.0. The number of aliphatic hydroxyl groups is 1. The van der Waals surface area contributed by atoms with Crippen LogP contribution in [0.2, 0.25) is 5.02 Å². The van der Waals surface area contributed by atoms with Crippen LogP contribution in [-0.4, -0.2) is 16.7 Å². The minimum Gasteiger partial charge on any atom is -0.457 e. The molecule has 0 aliphatic rings. The monoisotopic (exact) mass is 379 g/mol. The van der Waals surface area contributed by atoms with Crippen LogP contribution in [0.1, 0.15) is 12.0 Å². The number of rotatable bonds is 6. The van der Waals surface area contributed by atoms with E-state index in [1.54, 1.807) is 12.1 Å². The van der Waals surface area contributed by atoms with Crippen molar-refractivity contribution < 1.29 is 14.3 Å². The molecule has 27 heavy (non-hydrogen) atoms. The summed E-state index contributed by atoms with van der Waals surface area (Å²) in [6.45, 7) is 0.202. The van der Waals surface area contributed by atoms with Gasteiger partial charge in [0.15, 0.2) is 5.58 Å². The van der Waals surface area contributed by atoms with Crippen LogP contribution in [0.3, 0.4) is 0 Å². The summed E-state index contributed by atoms with van der Waals surface area (Å²) in [4.78, 5) is 4.55. The van der Waals surface area contributed by atoms with Crippen molar-refractivity contribution in [2.24, 2.45) is 0 Å². The van der Waals surface area contributed by atoms with E-state index in [1.807, 2.05) is 54.6 Å². The third-order valence-electron chi connectivity index (χ3n) is 4.23. The van der Waals surface area contributed by atoms with E-state index < -0.39 is 0 Å². The first-order valence-electron chi connectivity index (χ1n) is 8.75. The van der Waals surface area contributed by atoms with Gasteiger partial charge in [-0.3, -0.25) is 0 Å². The lowest BCUT2D eigenvalue weighted by Gasteiger charge is -2.04. The Morgan fingerprint density at radius 1 is 0.926 bits per heavy atom. The second kappa shape index (κ2) is 7.82. The van der Waals surface area contributed by atoms with Crippen LogP contribution in [0, 0.1) is 0 Å². The molecule has 0 spiro atoms. The fraction of sp³-hybridized carbons (Fsp3) is 0.136. The van der Waals surface area contributed by atoms with Crippen molar-refractivity contribution in [1.29, 1.82) is 0 Å². The molecule has 0 fully saturated rings. The highest BCUT2D eigenvalue weighted by Gasteiger charge is 2.10. The second-order valence-electron chi connectivity index (χ2n) is 6.23. The van der Waals surface area contributed by atoms with Crippen molar-refractivity contribution in [3.8, 4) is 23.0 Å². The van der Waals surface area contributed by atoms with Gasteiger partial charge in [-0.25, -0.2) is 4.98 Å². The third kappa shape index (κ3) is 4.13. The van der Waals surface area contributed by atoms with E-state index in [0.29, 0.717) is 28.0 Å². The van der Waals surface area contributed by atoms with E-state index in [0.717, 1.165) is 23.9 Å². The van der Waals surface area contributed by atoms with Gasteiger partial charge in [0.25, 0.3) is 0 Å². The molecule has 4 nitrogen and oxygen atoms in total. The summed E-state index contributed by atoms with van der Waals surface area (Å²) in [7, 11) is 0. The van der Waals surface area contributed by atoms with Crippen LogP contribution in [-0.2, 0) is 6.42 Å². The molecule has 0 radical (unpaired) electrons. The van der Waals surface area contributed by atoms with Crippen molar-refractivity contribution >= 4 is 22.7 Å². The zero-order chi connectivity index (χ0) is 18.6. The van der Waals surface area contributed by atoms with Gasteiger partial charge in [0.1, 0.15) is 17.0 Å². The first-order chi connectivity index (χ1) is 13.2. The van der Waals surface area contributed by atoms with Crippen LogP contribution in [0.25, 0.3) is 22.6 Å². The zero-order valence-electron chi connectivity index (χ0n) is 14.6. The molecule has 0 saturated heterocycles. The average Bonchev–Trinajstić information content (AvgIpc) is 3.12. The number of hydrogen-bond donors (Lipinski definition) is 1. The molecule has 0 unspecified atom stereocenters. The van der Waals surface area contributed by atoms with Crippen molar-refractivity contribution in [2.45, 2.75) is 12.8 Å². The highest BCUT2D eigenvalue weighted by atomic mass is 35.5. The second-order valence-corrected chi connectivity index (χ2v) is 6.67. The van der Waals surface area contributed by atoms with Gasteiger partial charge in [-0.15, -0.1) is 0 Å². The highest BCUT2D eigenvalue weighted by molar-refractivity contribution is 6.30. The number of nitrogens with zero attached hydrogens (tertiary/aromatic N) is 1. The van der Waals surface area contributed by atoms with E-state index in [4.69, 9.17) is 25.9 Å². The Kier molecular flexibility index (Phi) is 5.10. The Hall–Kier alpha value is -2.82. The third-order valence-corrected chi connectivity index (χ3v) is 4.49.